The van der Waals surface area contributed by atoms with Gasteiger partial charge in [0.2, 0.25) is 10.0 Å². The van der Waals surface area contributed by atoms with Gasteiger partial charge in [0.15, 0.2) is 0 Å². The molecule has 0 atom stereocenters. The number of rotatable bonds is 8. The van der Waals surface area contributed by atoms with E-state index in [0.29, 0.717) is 5.75 Å². The van der Waals surface area contributed by atoms with Gasteiger partial charge in [-0.3, -0.25) is 4.79 Å². The molecule has 0 aliphatic carbocycles. The van der Waals surface area contributed by atoms with Crippen molar-refractivity contribution >= 4 is 16.0 Å². The first kappa shape index (κ1) is 19.4. The highest BCUT2D eigenvalue weighted by molar-refractivity contribution is 7.89. The minimum absolute atomic E-state index is 0.00392. The molecule has 1 aromatic carbocycles. The summed E-state index contributed by atoms with van der Waals surface area (Å²) >= 11 is 0. The number of aryl methyl sites for hydroxylation is 1. The molecular formula is C16H25NO5S. The maximum atomic E-state index is 12.5. The summed E-state index contributed by atoms with van der Waals surface area (Å²) in [5.74, 6) is -0.313. The van der Waals surface area contributed by atoms with Crippen LogP contribution >= 0.6 is 0 Å². The minimum atomic E-state index is -3.73. The van der Waals surface area contributed by atoms with Gasteiger partial charge < -0.3 is 9.84 Å². The second-order valence-electron chi connectivity index (χ2n) is 6.48. The van der Waals surface area contributed by atoms with Crippen LogP contribution in [-0.4, -0.2) is 31.1 Å². The highest BCUT2D eigenvalue weighted by atomic mass is 32.2. The molecule has 1 aromatic rings. The first-order valence-corrected chi connectivity index (χ1v) is 8.94. The van der Waals surface area contributed by atoms with E-state index in [-0.39, 0.29) is 23.8 Å². The van der Waals surface area contributed by atoms with Gasteiger partial charge in [0.05, 0.1) is 11.0 Å². The van der Waals surface area contributed by atoms with Crippen molar-refractivity contribution in [2.75, 3.05) is 0 Å². The second-order valence-corrected chi connectivity index (χ2v) is 8.16. The molecule has 0 radical (unpaired) electrons. The smallest absolute Gasteiger partial charge is 0.303 e. The summed E-state index contributed by atoms with van der Waals surface area (Å²) in [4.78, 5) is 10.8. The lowest BCUT2D eigenvalue weighted by atomic mass is 10.0. The van der Waals surface area contributed by atoms with Crippen LogP contribution in [0.5, 0.6) is 5.75 Å². The molecule has 0 aliphatic rings. The number of sulfonamides is 1. The molecule has 0 unspecified atom stereocenters. The monoisotopic (exact) mass is 343 g/mol. The Balaban J connectivity index is 2.96. The summed E-state index contributed by atoms with van der Waals surface area (Å²) in [6.45, 7) is 8.91. The number of hydrogen-bond acceptors (Lipinski definition) is 4. The Morgan fingerprint density at radius 1 is 1.35 bits per heavy atom. The van der Waals surface area contributed by atoms with Gasteiger partial charge >= 0.3 is 5.97 Å². The number of aliphatic carboxylic acids is 1. The van der Waals surface area contributed by atoms with Crippen LogP contribution in [0.3, 0.4) is 0 Å². The molecule has 0 aliphatic heterocycles. The van der Waals surface area contributed by atoms with Gasteiger partial charge in [-0.2, -0.15) is 0 Å². The Morgan fingerprint density at radius 3 is 2.43 bits per heavy atom. The molecule has 0 amide bonds. The van der Waals surface area contributed by atoms with Gasteiger partial charge in [-0.25, -0.2) is 13.1 Å². The number of carbonyl (C=O) groups is 1. The van der Waals surface area contributed by atoms with E-state index in [1.165, 1.54) is 6.07 Å². The van der Waals surface area contributed by atoms with Gasteiger partial charge in [0.25, 0.3) is 0 Å². The summed E-state index contributed by atoms with van der Waals surface area (Å²) in [5, 5.41) is 8.74. The molecular weight excluding hydrogens is 318 g/mol. The molecule has 2 N–H and O–H groups in total. The lowest BCUT2D eigenvalue weighted by Gasteiger charge is -2.25. The van der Waals surface area contributed by atoms with E-state index in [4.69, 9.17) is 9.84 Å². The standard InChI is InChI=1S/C16H25NO5S/c1-11(2)22-14-7-6-13(10-12(14)3)23(20,21)17-16(4,5)9-8-15(18)19/h6-7,10-11,17H,8-9H2,1-5H3,(H,18,19). The Morgan fingerprint density at radius 2 is 1.96 bits per heavy atom. The molecule has 7 heteroatoms. The highest BCUT2D eigenvalue weighted by Gasteiger charge is 2.27. The molecule has 1 rings (SSSR count). The zero-order valence-corrected chi connectivity index (χ0v) is 15.0. The van der Waals surface area contributed by atoms with Crippen molar-refractivity contribution in [3.8, 4) is 5.75 Å². The van der Waals surface area contributed by atoms with E-state index in [1.807, 2.05) is 13.8 Å². The van der Waals surface area contributed by atoms with Crippen molar-refractivity contribution in [3.63, 3.8) is 0 Å². The van der Waals surface area contributed by atoms with Gasteiger partial charge in [-0.15, -0.1) is 0 Å². The van der Waals surface area contributed by atoms with Crippen molar-refractivity contribution < 1.29 is 23.1 Å². The molecule has 0 spiro atoms. The molecule has 0 bridgehead atoms. The van der Waals surface area contributed by atoms with Crippen LogP contribution in [0.1, 0.15) is 46.1 Å². The third kappa shape index (κ3) is 6.19. The second kappa shape index (κ2) is 7.31. The van der Waals surface area contributed by atoms with E-state index in [0.717, 1.165) is 5.56 Å². The number of carboxylic acids is 1. The zero-order valence-electron chi connectivity index (χ0n) is 14.2. The lowest BCUT2D eigenvalue weighted by Crippen LogP contribution is -2.43. The molecule has 23 heavy (non-hydrogen) atoms. The number of carboxylic acid groups (broad SMARTS) is 1. The summed E-state index contributed by atoms with van der Waals surface area (Å²) in [6, 6.07) is 4.67. The van der Waals surface area contributed by atoms with Crippen LogP contribution in [0, 0.1) is 6.92 Å². The minimum Gasteiger partial charge on any atom is -0.491 e. The summed E-state index contributed by atoms with van der Waals surface area (Å²) in [7, 11) is -3.73. The van der Waals surface area contributed by atoms with Gasteiger partial charge in [-0.05, 0) is 64.8 Å². The fourth-order valence-corrected chi connectivity index (χ4v) is 3.59. The maximum absolute atomic E-state index is 12.5. The fourth-order valence-electron chi connectivity index (χ4n) is 2.07. The Hall–Kier alpha value is -1.60. The van der Waals surface area contributed by atoms with Crippen LogP contribution in [0.2, 0.25) is 0 Å². The molecule has 6 nitrogen and oxygen atoms in total. The summed E-state index contributed by atoms with van der Waals surface area (Å²) in [6.07, 6.45) is 0.106. The molecule has 0 aromatic heterocycles. The number of nitrogens with one attached hydrogen (secondary N) is 1. The molecule has 130 valence electrons. The highest BCUT2D eigenvalue weighted by Crippen LogP contribution is 2.24. The lowest BCUT2D eigenvalue weighted by molar-refractivity contribution is -0.137. The summed E-state index contributed by atoms with van der Waals surface area (Å²) in [5.41, 5.74) is -0.122. The number of ether oxygens (including phenoxy) is 1. The SMILES string of the molecule is Cc1cc(S(=O)(=O)NC(C)(C)CCC(=O)O)ccc1OC(C)C. The Labute approximate surface area is 137 Å². The zero-order chi connectivity index (χ0) is 17.8. The van der Waals surface area contributed by atoms with E-state index in [2.05, 4.69) is 4.72 Å². The van der Waals surface area contributed by atoms with Crippen LogP contribution < -0.4 is 9.46 Å². The van der Waals surface area contributed by atoms with Crippen LogP contribution in [0.4, 0.5) is 0 Å². The van der Waals surface area contributed by atoms with Crippen molar-refractivity contribution in [3.05, 3.63) is 23.8 Å². The van der Waals surface area contributed by atoms with Crippen LogP contribution in [0.25, 0.3) is 0 Å². The topological polar surface area (TPSA) is 92.7 Å². The van der Waals surface area contributed by atoms with Gasteiger partial charge in [-0.1, -0.05) is 0 Å². The van der Waals surface area contributed by atoms with E-state index in [9.17, 15) is 13.2 Å². The molecule has 0 heterocycles. The van der Waals surface area contributed by atoms with Crippen LogP contribution in [-0.2, 0) is 14.8 Å². The first-order valence-electron chi connectivity index (χ1n) is 7.46. The first-order chi connectivity index (χ1) is 10.4. The molecule has 0 saturated carbocycles. The average molecular weight is 343 g/mol. The number of hydrogen-bond donors (Lipinski definition) is 2. The van der Waals surface area contributed by atoms with E-state index < -0.39 is 21.5 Å². The molecule has 0 fully saturated rings. The average Bonchev–Trinajstić information content (AvgIpc) is 2.37. The maximum Gasteiger partial charge on any atom is 0.303 e. The largest absolute Gasteiger partial charge is 0.491 e. The van der Waals surface area contributed by atoms with Gasteiger partial charge in [0, 0.05) is 12.0 Å². The Bertz CT molecular complexity index is 665. The predicted molar refractivity (Wildman–Crippen MR) is 88.2 cm³/mol. The van der Waals surface area contributed by atoms with Crippen molar-refractivity contribution in [2.24, 2.45) is 0 Å². The fraction of sp³-hybridized carbons (Fsp3) is 0.562. The van der Waals surface area contributed by atoms with E-state index in [1.54, 1.807) is 32.9 Å². The predicted octanol–water partition coefficient (Wildman–Crippen LogP) is 2.70. The normalized spacial score (nSPS) is 12.4. The quantitative estimate of drug-likeness (QED) is 0.757. The van der Waals surface area contributed by atoms with Gasteiger partial charge in [0.1, 0.15) is 5.75 Å². The van der Waals surface area contributed by atoms with Crippen molar-refractivity contribution in [1.29, 1.82) is 0 Å². The number of benzene rings is 1. The Kier molecular flexibility index (Phi) is 6.18. The third-order valence-corrected chi connectivity index (χ3v) is 4.89. The van der Waals surface area contributed by atoms with Crippen molar-refractivity contribution in [1.82, 2.24) is 4.72 Å². The van der Waals surface area contributed by atoms with Crippen molar-refractivity contribution in [2.45, 2.75) is 64.0 Å². The third-order valence-electron chi connectivity index (χ3n) is 3.19. The summed E-state index contributed by atoms with van der Waals surface area (Å²) < 4.78 is 33.1. The molecule has 0 saturated heterocycles. The van der Waals surface area contributed by atoms with Crippen LogP contribution in [0.15, 0.2) is 23.1 Å². The van der Waals surface area contributed by atoms with E-state index >= 15 is 0 Å².